The number of hydrogen-bond donors (Lipinski definition) is 0. The number of carbonyl (C=O) groups excluding carboxylic acids is 1. The lowest BCUT2D eigenvalue weighted by Gasteiger charge is -2.39. The number of fused-ring (bicyclic) bond motifs is 1. The Bertz CT molecular complexity index is 762. The van der Waals surface area contributed by atoms with E-state index in [0.717, 1.165) is 29.3 Å². The van der Waals surface area contributed by atoms with Gasteiger partial charge in [-0.15, -0.1) is 0 Å². The van der Waals surface area contributed by atoms with E-state index < -0.39 is 5.79 Å². The first-order valence-corrected chi connectivity index (χ1v) is 10.3. The first-order chi connectivity index (χ1) is 12.5. The van der Waals surface area contributed by atoms with Crippen LogP contribution in [0.4, 0.5) is 0 Å². The summed E-state index contributed by atoms with van der Waals surface area (Å²) < 4.78 is 13.2. The second-order valence-electron chi connectivity index (χ2n) is 7.17. The number of carbonyl (C=O) groups is 1. The molecule has 0 aromatic carbocycles. The summed E-state index contributed by atoms with van der Waals surface area (Å²) in [5.74, 6) is 0.143. The molecule has 0 unspecified atom stereocenters. The highest BCUT2D eigenvalue weighted by Crippen LogP contribution is 2.33. The molecule has 0 aliphatic carbocycles. The van der Waals surface area contributed by atoms with E-state index in [1.807, 2.05) is 18.7 Å². The Kier molecular flexibility index (Phi) is 4.83. The molecule has 1 spiro atoms. The predicted molar refractivity (Wildman–Crippen MR) is 97.3 cm³/mol. The van der Waals surface area contributed by atoms with Crippen molar-refractivity contribution in [2.24, 2.45) is 5.92 Å². The number of aromatic nitrogens is 2. The minimum atomic E-state index is -0.473. The van der Waals surface area contributed by atoms with Gasteiger partial charge in [-0.05, 0) is 13.3 Å². The largest absolute Gasteiger partial charge is 0.347 e. The maximum absolute atomic E-state index is 13.0. The van der Waals surface area contributed by atoms with Crippen LogP contribution >= 0.6 is 11.8 Å². The van der Waals surface area contributed by atoms with Crippen LogP contribution in [0.1, 0.15) is 31.0 Å². The Balaban J connectivity index is 1.47. The van der Waals surface area contributed by atoms with Gasteiger partial charge < -0.3 is 14.4 Å². The van der Waals surface area contributed by atoms with Crippen molar-refractivity contribution in [2.75, 3.05) is 32.1 Å². The highest BCUT2D eigenvalue weighted by Gasteiger charge is 2.42. The van der Waals surface area contributed by atoms with Crippen LogP contribution in [0.3, 0.4) is 0 Å². The van der Waals surface area contributed by atoms with Crippen molar-refractivity contribution in [3.63, 3.8) is 0 Å². The van der Waals surface area contributed by atoms with Crippen LogP contribution in [0.5, 0.6) is 0 Å². The molecular formula is C18H25N3O4S. The molecule has 3 aliphatic rings. The summed E-state index contributed by atoms with van der Waals surface area (Å²) in [6, 6.07) is 0. The van der Waals surface area contributed by atoms with Crippen molar-refractivity contribution in [2.45, 2.75) is 50.6 Å². The number of thioether (sulfide) groups is 1. The van der Waals surface area contributed by atoms with Crippen LogP contribution in [0.2, 0.25) is 0 Å². The van der Waals surface area contributed by atoms with Gasteiger partial charge in [-0.25, -0.2) is 4.98 Å². The first-order valence-electron chi connectivity index (χ1n) is 9.33. The van der Waals surface area contributed by atoms with Gasteiger partial charge >= 0.3 is 0 Å². The fourth-order valence-electron chi connectivity index (χ4n) is 4.06. The summed E-state index contributed by atoms with van der Waals surface area (Å²) in [5, 5.41) is 0.735. The Morgan fingerprint density at radius 3 is 2.65 bits per heavy atom. The van der Waals surface area contributed by atoms with Gasteiger partial charge in [-0.2, -0.15) is 0 Å². The van der Waals surface area contributed by atoms with Gasteiger partial charge in [-0.1, -0.05) is 18.7 Å². The second-order valence-corrected chi connectivity index (χ2v) is 8.16. The molecule has 4 rings (SSSR count). The van der Waals surface area contributed by atoms with Gasteiger partial charge in [0.2, 0.25) is 5.91 Å². The molecule has 8 heteroatoms. The summed E-state index contributed by atoms with van der Waals surface area (Å²) in [7, 11) is 0. The third-order valence-electron chi connectivity index (χ3n) is 5.60. The van der Waals surface area contributed by atoms with Gasteiger partial charge in [0, 0.05) is 49.5 Å². The molecule has 0 bridgehead atoms. The summed E-state index contributed by atoms with van der Waals surface area (Å²) in [5.41, 5.74) is 1.56. The number of aryl methyl sites for hydroxylation is 1. The topological polar surface area (TPSA) is 73.7 Å². The van der Waals surface area contributed by atoms with Crippen LogP contribution < -0.4 is 5.56 Å². The van der Waals surface area contributed by atoms with E-state index in [-0.39, 0.29) is 17.4 Å². The second kappa shape index (κ2) is 6.98. The molecule has 4 heterocycles. The Morgan fingerprint density at radius 2 is 2.00 bits per heavy atom. The molecule has 1 atom stereocenters. The molecule has 7 nitrogen and oxygen atoms in total. The molecular weight excluding hydrogens is 354 g/mol. The van der Waals surface area contributed by atoms with Crippen molar-refractivity contribution < 1.29 is 14.3 Å². The third kappa shape index (κ3) is 3.08. The van der Waals surface area contributed by atoms with Crippen LogP contribution in [0.25, 0.3) is 0 Å². The molecule has 1 aromatic heterocycles. The zero-order valence-electron chi connectivity index (χ0n) is 15.3. The van der Waals surface area contributed by atoms with E-state index in [0.29, 0.717) is 45.0 Å². The summed E-state index contributed by atoms with van der Waals surface area (Å²) in [6.07, 6.45) is 2.10. The SMILES string of the molecule is CCc1c(C)nc2n(c1=O)C[C@H](C(=O)N1CCC3(CC1)OCCO3)CS2. The number of nitrogens with zero attached hydrogens (tertiary/aromatic N) is 3. The van der Waals surface area contributed by atoms with Crippen molar-refractivity contribution >= 4 is 17.7 Å². The maximum atomic E-state index is 13.0. The van der Waals surface area contributed by atoms with Gasteiger partial charge in [0.1, 0.15) is 0 Å². The normalized spacial score (nSPS) is 24.7. The highest BCUT2D eigenvalue weighted by molar-refractivity contribution is 7.99. The Labute approximate surface area is 157 Å². The zero-order valence-corrected chi connectivity index (χ0v) is 16.1. The molecule has 1 aromatic rings. The van der Waals surface area contributed by atoms with E-state index in [1.165, 1.54) is 11.8 Å². The van der Waals surface area contributed by atoms with Crippen molar-refractivity contribution in [1.29, 1.82) is 0 Å². The van der Waals surface area contributed by atoms with Crippen molar-refractivity contribution in [3.8, 4) is 0 Å². The zero-order chi connectivity index (χ0) is 18.3. The quantitative estimate of drug-likeness (QED) is 0.719. The van der Waals surface area contributed by atoms with Crippen molar-refractivity contribution in [1.82, 2.24) is 14.5 Å². The fraction of sp³-hybridized carbons (Fsp3) is 0.722. The molecule has 0 N–H and O–H groups in total. The number of rotatable bonds is 2. The van der Waals surface area contributed by atoms with E-state index in [2.05, 4.69) is 4.98 Å². The average Bonchev–Trinajstić information content (AvgIpc) is 3.10. The average molecular weight is 379 g/mol. The fourth-order valence-corrected chi connectivity index (χ4v) is 5.18. The van der Waals surface area contributed by atoms with Crippen LogP contribution in [0, 0.1) is 12.8 Å². The summed E-state index contributed by atoms with van der Waals surface area (Å²) >= 11 is 1.51. The predicted octanol–water partition coefficient (Wildman–Crippen LogP) is 1.20. The smallest absolute Gasteiger partial charge is 0.257 e. The Hall–Kier alpha value is -1.38. The molecule has 142 valence electrons. The van der Waals surface area contributed by atoms with E-state index in [1.54, 1.807) is 4.57 Å². The maximum Gasteiger partial charge on any atom is 0.257 e. The van der Waals surface area contributed by atoms with Gasteiger partial charge in [0.25, 0.3) is 5.56 Å². The number of amides is 1. The summed E-state index contributed by atoms with van der Waals surface area (Å²) in [4.78, 5) is 32.2. The minimum Gasteiger partial charge on any atom is -0.347 e. The molecule has 1 amide bonds. The molecule has 2 fully saturated rings. The first kappa shape index (κ1) is 18.0. The number of ether oxygens (including phenoxy) is 2. The van der Waals surface area contributed by atoms with Gasteiger partial charge in [-0.3, -0.25) is 14.2 Å². The van der Waals surface area contributed by atoms with E-state index >= 15 is 0 Å². The van der Waals surface area contributed by atoms with Crippen LogP contribution in [0.15, 0.2) is 9.95 Å². The van der Waals surface area contributed by atoms with E-state index in [9.17, 15) is 9.59 Å². The van der Waals surface area contributed by atoms with Crippen molar-refractivity contribution in [3.05, 3.63) is 21.6 Å². The number of piperidine rings is 1. The van der Waals surface area contributed by atoms with Crippen LogP contribution in [-0.2, 0) is 27.2 Å². The molecule has 26 heavy (non-hydrogen) atoms. The van der Waals surface area contributed by atoms with Gasteiger partial charge in [0.05, 0.1) is 19.1 Å². The number of hydrogen-bond acceptors (Lipinski definition) is 6. The molecule has 0 saturated carbocycles. The lowest BCUT2D eigenvalue weighted by Crippen LogP contribution is -2.50. The Morgan fingerprint density at radius 1 is 1.31 bits per heavy atom. The third-order valence-corrected chi connectivity index (χ3v) is 6.74. The standard InChI is InChI=1S/C18H25N3O4S/c1-3-14-12(2)19-17-21(16(14)23)10-13(11-26-17)15(22)20-6-4-18(5-7-20)24-8-9-25-18/h13H,3-11H2,1-2H3/t13-/m0/s1. The lowest BCUT2D eigenvalue weighted by molar-refractivity contribution is -0.188. The minimum absolute atomic E-state index is 0.00496. The van der Waals surface area contributed by atoms with E-state index in [4.69, 9.17) is 9.47 Å². The molecule has 2 saturated heterocycles. The monoisotopic (exact) mass is 379 g/mol. The molecule has 3 aliphatic heterocycles. The van der Waals surface area contributed by atoms with Gasteiger partial charge in [0.15, 0.2) is 10.9 Å². The number of likely N-dealkylation sites (tertiary alicyclic amines) is 1. The molecule has 0 radical (unpaired) electrons. The summed E-state index contributed by atoms with van der Waals surface area (Å²) in [6.45, 7) is 6.85. The lowest BCUT2D eigenvalue weighted by atomic mass is 10.0. The highest BCUT2D eigenvalue weighted by atomic mass is 32.2. The van der Waals surface area contributed by atoms with Crippen LogP contribution in [-0.4, -0.2) is 58.2 Å².